The van der Waals surface area contributed by atoms with Gasteiger partial charge < -0.3 is 4.74 Å². The summed E-state index contributed by atoms with van der Waals surface area (Å²) >= 11 is 0. The third-order valence-corrected chi connectivity index (χ3v) is 4.33. The van der Waals surface area contributed by atoms with E-state index in [4.69, 9.17) is 4.74 Å². The molecule has 110 valence electrons. The first-order valence-electron chi connectivity index (χ1n) is 6.66. The summed E-state index contributed by atoms with van der Waals surface area (Å²) in [7, 11) is 0.346. The van der Waals surface area contributed by atoms with E-state index in [0.717, 1.165) is 11.1 Å². The average molecular weight is 302 g/mol. The summed E-state index contributed by atoms with van der Waals surface area (Å²) in [6.45, 7) is 1.99. The second-order valence-electron chi connectivity index (χ2n) is 4.87. The van der Waals surface area contributed by atoms with Crippen LogP contribution in [-0.2, 0) is 16.6 Å². The number of carbonyl (C=O) groups is 1. The van der Waals surface area contributed by atoms with Gasteiger partial charge in [-0.1, -0.05) is 42.0 Å². The van der Waals surface area contributed by atoms with Crippen molar-refractivity contribution in [2.75, 3.05) is 12.9 Å². The molecule has 2 aromatic carbocycles. The highest BCUT2D eigenvalue weighted by atomic mass is 32.2. The maximum atomic E-state index is 12.1. The van der Waals surface area contributed by atoms with Gasteiger partial charge in [-0.2, -0.15) is 0 Å². The van der Waals surface area contributed by atoms with Crippen LogP contribution >= 0.6 is 0 Å². The first-order valence-corrected chi connectivity index (χ1v) is 8.15. The van der Waals surface area contributed by atoms with Crippen molar-refractivity contribution in [1.82, 2.24) is 0 Å². The van der Waals surface area contributed by atoms with Gasteiger partial charge in [0.15, 0.2) is 5.78 Å². The van der Waals surface area contributed by atoms with Gasteiger partial charge in [-0.3, -0.25) is 9.00 Å². The van der Waals surface area contributed by atoms with Gasteiger partial charge in [0.2, 0.25) is 0 Å². The molecule has 0 aliphatic rings. The van der Waals surface area contributed by atoms with Crippen LogP contribution in [0.5, 0.6) is 5.75 Å². The molecule has 0 fully saturated rings. The summed E-state index contributed by atoms with van der Waals surface area (Å²) in [5, 5.41) is 0. The molecule has 0 amide bonds. The Hall–Kier alpha value is -1.94. The lowest BCUT2D eigenvalue weighted by Crippen LogP contribution is -2.12. The first-order chi connectivity index (χ1) is 10.1. The van der Waals surface area contributed by atoms with E-state index >= 15 is 0 Å². The number of Topliss-reactive ketones (excluding diaryl/α,β-unsaturated/α-hetero) is 1. The van der Waals surface area contributed by atoms with Crippen LogP contribution in [0.4, 0.5) is 0 Å². The van der Waals surface area contributed by atoms with Crippen molar-refractivity contribution in [3.63, 3.8) is 0 Å². The number of rotatable bonds is 6. The number of methoxy groups -OCH3 is 1. The number of hydrogen-bond acceptors (Lipinski definition) is 3. The third-order valence-electron chi connectivity index (χ3n) is 3.09. The molecule has 21 heavy (non-hydrogen) atoms. The minimum atomic E-state index is -1.21. The molecule has 0 aromatic heterocycles. The van der Waals surface area contributed by atoms with Crippen LogP contribution in [0.1, 0.15) is 21.5 Å². The Morgan fingerprint density at radius 2 is 1.90 bits per heavy atom. The van der Waals surface area contributed by atoms with Crippen LogP contribution in [0.25, 0.3) is 0 Å². The van der Waals surface area contributed by atoms with Crippen molar-refractivity contribution in [1.29, 1.82) is 0 Å². The van der Waals surface area contributed by atoms with Crippen molar-refractivity contribution in [2.24, 2.45) is 0 Å². The molecule has 0 saturated carbocycles. The van der Waals surface area contributed by atoms with Gasteiger partial charge in [-0.15, -0.1) is 0 Å². The Morgan fingerprint density at radius 1 is 1.14 bits per heavy atom. The van der Waals surface area contributed by atoms with Crippen LogP contribution in [0.3, 0.4) is 0 Å². The second kappa shape index (κ2) is 7.18. The van der Waals surface area contributed by atoms with Crippen LogP contribution in [-0.4, -0.2) is 22.9 Å². The molecule has 2 aromatic rings. The largest absolute Gasteiger partial charge is 0.497 e. The molecule has 0 heterocycles. The summed E-state index contributed by atoms with van der Waals surface area (Å²) in [4.78, 5) is 12.1. The lowest BCUT2D eigenvalue weighted by atomic mass is 10.1. The van der Waals surface area contributed by atoms with E-state index in [1.807, 2.05) is 31.2 Å². The Morgan fingerprint density at radius 3 is 2.62 bits per heavy atom. The molecule has 0 aliphatic carbocycles. The second-order valence-corrected chi connectivity index (χ2v) is 6.33. The monoisotopic (exact) mass is 302 g/mol. The molecule has 0 radical (unpaired) electrons. The Kier molecular flexibility index (Phi) is 5.28. The molecule has 2 rings (SSSR count). The van der Waals surface area contributed by atoms with Crippen molar-refractivity contribution in [2.45, 2.75) is 12.7 Å². The Bertz CT molecular complexity index is 665. The summed E-state index contributed by atoms with van der Waals surface area (Å²) in [5.41, 5.74) is 2.65. The van der Waals surface area contributed by atoms with Crippen LogP contribution < -0.4 is 4.74 Å². The van der Waals surface area contributed by atoms with E-state index < -0.39 is 10.8 Å². The van der Waals surface area contributed by atoms with Crippen molar-refractivity contribution >= 4 is 16.6 Å². The molecule has 0 spiro atoms. The van der Waals surface area contributed by atoms with Crippen LogP contribution in [0.15, 0.2) is 48.5 Å². The molecule has 0 bridgehead atoms. The predicted octanol–water partition coefficient (Wildman–Crippen LogP) is 3.14. The van der Waals surface area contributed by atoms with Gasteiger partial charge in [0.1, 0.15) is 5.75 Å². The molecule has 0 saturated heterocycles. The molecule has 0 N–H and O–H groups in total. The van der Waals surface area contributed by atoms with E-state index in [-0.39, 0.29) is 11.5 Å². The van der Waals surface area contributed by atoms with E-state index in [1.54, 1.807) is 31.4 Å². The zero-order chi connectivity index (χ0) is 15.2. The summed E-state index contributed by atoms with van der Waals surface area (Å²) in [6, 6.07) is 14.8. The molecule has 1 atom stereocenters. The molecule has 3 nitrogen and oxygen atoms in total. The molecule has 0 aliphatic heterocycles. The summed E-state index contributed by atoms with van der Waals surface area (Å²) in [5.74, 6) is 0.934. The van der Waals surface area contributed by atoms with Gasteiger partial charge in [-0.25, -0.2) is 0 Å². The van der Waals surface area contributed by atoms with Gasteiger partial charge in [0.25, 0.3) is 0 Å². The number of benzene rings is 2. The minimum absolute atomic E-state index is 0.0289. The SMILES string of the molecule is COc1cccc(C(=O)CS(=O)Cc2cccc(C)c2)c1. The van der Waals surface area contributed by atoms with Crippen molar-refractivity contribution in [3.05, 3.63) is 65.2 Å². The van der Waals surface area contributed by atoms with E-state index in [2.05, 4.69) is 0 Å². The normalized spacial score (nSPS) is 11.9. The molecular weight excluding hydrogens is 284 g/mol. The lowest BCUT2D eigenvalue weighted by Gasteiger charge is -2.05. The van der Waals surface area contributed by atoms with Crippen molar-refractivity contribution < 1.29 is 13.7 Å². The highest BCUT2D eigenvalue weighted by Gasteiger charge is 2.12. The van der Waals surface area contributed by atoms with Gasteiger partial charge in [0.05, 0.1) is 12.9 Å². The van der Waals surface area contributed by atoms with Crippen molar-refractivity contribution in [3.8, 4) is 5.75 Å². The number of ketones is 1. The highest BCUT2D eigenvalue weighted by molar-refractivity contribution is 7.85. The number of aryl methyl sites for hydroxylation is 1. The maximum absolute atomic E-state index is 12.1. The average Bonchev–Trinajstić information content (AvgIpc) is 2.47. The zero-order valence-corrected chi connectivity index (χ0v) is 13.0. The number of hydrogen-bond donors (Lipinski definition) is 0. The smallest absolute Gasteiger partial charge is 0.175 e. The standard InChI is InChI=1S/C17H18O3S/c1-13-5-3-6-14(9-13)11-21(19)12-17(18)15-7-4-8-16(10-15)20-2/h3-10H,11-12H2,1-2H3. The fourth-order valence-corrected chi connectivity index (χ4v) is 3.18. The van der Waals surface area contributed by atoms with E-state index in [0.29, 0.717) is 17.1 Å². The predicted molar refractivity (Wildman–Crippen MR) is 85.2 cm³/mol. The molecule has 4 heteroatoms. The molecule has 1 unspecified atom stereocenters. The first kappa shape index (κ1) is 15.4. The fourth-order valence-electron chi connectivity index (χ4n) is 2.06. The van der Waals surface area contributed by atoms with Gasteiger partial charge in [0, 0.05) is 22.1 Å². The lowest BCUT2D eigenvalue weighted by molar-refractivity contribution is 0.102. The highest BCUT2D eigenvalue weighted by Crippen LogP contribution is 2.14. The summed E-state index contributed by atoms with van der Waals surface area (Å²) in [6.07, 6.45) is 0. The van der Waals surface area contributed by atoms with E-state index in [1.165, 1.54) is 0 Å². The Labute approximate surface area is 127 Å². The zero-order valence-electron chi connectivity index (χ0n) is 12.2. The minimum Gasteiger partial charge on any atom is -0.497 e. The van der Waals surface area contributed by atoms with Gasteiger partial charge >= 0.3 is 0 Å². The van der Waals surface area contributed by atoms with Gasteiger partial charge in [-0.05, 0) is 24.6 Å². The summed E-state index contributed by atoms with van der Waals surface area (Å²) < 4.78 is 17.2. The Balaban J connectivity index is 2.00. The quantitative estimate of drug-likeness (QED) is 0.770. The number of ether oxygens (including phenoxy) is 1. The fraction of sp³-hybridized carbons (Fsp3) is 0.235. The number of carbonyl (C=O) groups excluding carboxylic acids is 1. The van der Waals surface area contributed by atoms with Crippen LogP contribution in [0.2, 0.25) is 0 Å². The molecular formula is C17H18O3S. The third kappa shape index (κ3) is 4.53. The topological polar surface area (TPSA) is 43.4 Å². The van der Waals surface area contributed by atoms with Crippen LogP contribution in [0, 0.1) is 6.92 Å². The maximum Gasteiger partial charge on any atom is 0.175 e. The van der Waals surface area contributed by atoms with E-state index in [9.17, 15) is 9.00 Å².